The van der Waals surface area contributed by atoms with E-state index in [9.17, 15) is 4.79 Å². The molecule has 1 aromatic rings. The Balaban J connectivity index is 1.95. The van der Waals surface area contributed by atoms with Gasteiger partial charge in [-0.25, -0.2) is 0 Å². The molecule has 1 saturated heterocycles. The highest BCUT2D eigenvalue weighted by atomic mass is 32.2. The number of carbonyl (C=O) groups is 1. The average molecular weight is 311 g/mol. The van der Waals surface area contributed by atoms with Crippen LogP contribution in [0.3, 0.4) is 0 Å². The standard InChI is InChI=1S/C15H21NO4S/c1-21-10-15(18)16-13-6-7-19-9-14(13)20-12-4-2-11(8-17)3-5-12/h2-5,13-14,17H,6-10H2,1H3,(H,16,18)/t13-,14-/m1/s1. The van der Waals surface area contributed by atoms with Crippen LogP contribution in [0.5, 0.6) is 5.75 Å². The van der Waals surface area contributed by atoms with Gasteiger partial charge in [0.05, 0.1) is 25.0 Å². The van der Waals surface area contributed by atoms with E-state index in [-0.39, 0.29) is 24.7 Å². The van der Waals surface area contributed by atoms with Gasteiger partial charge >= 0.3 is 0 Å². The highest BCUT2D eigenvalue weighted by Crippen LogP contribution is 2.18. The van der Waals surface area contributed by atoms with Gasteiger partial charge in [0.1, 0.15) is 11.9 Å². The number of rotatable bonds is 6. The third-order valence-corrected chi connectivity index (χ3v) is 3.87. The van der Waals surface area contributed by atoms with Gasteiger partial charge in [-0.15, -0.1) is 0 Å². The lowest BCUT2D eigenvalue weighted by atomic mass is 10.1. The molecule has 2 atom stereocenters. The van der Waals surface area contributed by atoms with Crippen LogP contribution in [0.15, 0.2) is 24.3 Å². The van der Waals surface area contributed by atoms with Crippen LogP contribution in [0.2, 0.25) is 0 Å². The summed E-state index contributed by atoms with van der Waals surface area (Å²) in [6.07, 6.45) is 2.46. The Morgan fingerprint density at radius 2 is 2.24 bits per heavy atom. The third kappa shape index (κ3) is 4.91. The molecule has 0 unspecified atom stereocenters. The smallest absolute Gasteiger partial charge is 0.230 e. The number of thioether (sulfide) groups is 1. The summed E-state index contributed by atoms with van der Waals surface area (Å²) in [7, 11) is 0. The van der Waals surface area contributed by atoms with Crippen molar-refractivity contribution in [3.8, 4) is 5.75 Å². The van der Waals surface area contributed by atoms with Crippen molar-refractivity contribution in [3.05, 3.63) is 29.8 Å². The van der Waals surface area contributed by atoms with E-state index < -0.39 is 0 Å². The van der Waals surface area contributed by atoms with Gasteiger partial charge in [-0.3, -0.25) is 4.79 Å². The van der Waals surface area contributed by atoms with Crippen LogP contribution >= 0.6 is 11.8 Å². The molecule has 1 amide bonds. The van der Waals surface area contributed by atoms with Crippen molar-refractivity contribution < 1.29 is 19.4 Å². The molecular formula is C15H21NO4S. The van der Waals surface area contributed by atoms with Crippen molar-refractivity contribution in [1.82, 2.24) is 5.32 Å². The van der Waals surface area contributed by atoms with Crippen LogP contribution in [0.1, 0.15) is 12.0 Å². The summed E-state index contributed by atoms with van der Waals surface area (Å²) in [6, 6.07) is 7.25. The average Bonchev–Trinajstić information content (AvgIpc) is 2.50. The van der Waals surface area contributed by atoms with E-state index in [1.165, 1.54) is 11.8 Å². The van der Waals surface area contributed by atoms with Crippen molar-refractivity contribution in [2.75, 3.05) is 25.2 Å². The molecule has 1 heterocycles. The van der Waals surface area contributed by atoms with Crippen LogP contribution in [-0.4, -0.2) is 48.4 Å². The molecule has 0 aromatic heterocycles. The van der Waals surface area contributed by atoms with Gasteiger partial charge in [0.15, 0.2) is 0 Å². The predicted octanol–water partition coefficient (Wildman–Crippen LogP) is 1.19. The minimum absolute atomic E-state index is 0.0141. The lowest BCUT2D eigenvalue weighted by Gasteiger charge is -2.32. The number of nitrogens with one attached hydrogen (secondary N) is 1. The number of ether oxygens (including phenoxy) is 2. The summed E-state index contributed by atoms with van der Waals surface area (Å²) < 4.78 is 11.4. The topological polar surface area (TPSA) is 67.8 Å². The minimum Gasteiger partial charge on any atom is -0.486 e. The Labute approximate surface area is 129 Å². The molecule has 6 heteroatoms. The van der Waals surface area contributed by atoms with E-state index in [2.05, 4.69) is 5.32 Å². The predicted molar refractivity (Wildman–Crippen MR) is 82.5 cm³/mol. The second-order valence-electron chi connectivity index (χ2n) is 4.93. The third-order valence-electron chi connectivity index (χ3n) is 3.32. The van der Waals surface area contributed by atoms with E-state index in [0.29, 0.717) is 24.7 Å². The van der Waals surface area contributed by atoms with E-state index in [0.717, 1.165) is 12.0 Å². The summed E-state index contributed by atoms with van der Waals surface area (Å²) in [5.41, 5.74) is 0.840. The van der Waals surface area contributed by atoms with E-state index in [1.807, 2.05) is 30.5 Å². The van der Waals surface area contributed by atoms with Crippen LogP contribution in [0.25, 0.3) is 0 Å². The molecule has 0 spiro atoms. The van der Waals surface area contributed by atoms with E-state index >= 15 is 0 Å². The van der Waals surface area contributed by atoms with E-state index in [1.54, 1.807) is 0 Å². The maximum absolute atomic E-state index is 11.7. The Bertz CT molecular complexity index is 451. The Kier molecular flexibility index (Phi) is 6.35. The van der Waals surface area contributed by atoms with E-state index in [4.69, 9.17) is 14.6 Å². The van der Waals surface area contributed by atoms with Crippen molar-refractivity contribution >= 4 is 17.7 Å². The zero-order valence-electron chi connectivity index (χ0n) is 12.1. The number of carbonyl (C=O) groups excluding carboxylic acids is 1. The lowest BCUT2D eigenvalue weighted by Crippen LogP contribution is -2.51. The molecule has 5 nitrogen and oxygen atoms in total. The molecule has 21 heavy (non-hydrogen) atoms. The monoisotopic (exact) mass is 311 g/mol. The molecule has 116 valence electrons. The largest absolute Gasteiger partial charge is 0.486 e. The van der Waals surface area contributed by atoms with Gasteiger partial charge in [-0.1, -0.05) is 12.1 Å². The first-order valence-electron chi connectivity index (χ1n) is 6.95. The van der Waals surface area contributed by atoms with Gasteiger partial charge < -0.3 is 19.9 Å². The fraction of sp³-hybridized carbons (Fsp3) is 0.533. The van der Waals surface area contributed by atoms with Gasteiger partial charge in [0, 0.05) is 6.61 Å². The van der Waals surface area contributed by atoms with Gasteiger partial charge in [-0.05, 0) is 30.4 Å². The van der Waals surface area contributed by atoms with Crippen LogP contribution < -0.4 is 10.1 Å². The number of hydrogen-bond acceptors (Lipinski definition) is 5. The number of benzene rings is 1. The normalized spacial score (nSPS) is 21.8. The Morgan fingerprint density at radius 1 is 1.48 bits per heavy atom. The lowest BCUT2D eigenvalue weighted by molar-refractivity contribution is -0.121. The van der Waals surface area contributed by atoms with Crippen LogP contribution in [0.4, 0.5) is 0 Å². The van der Waals surface area contributed by atoms with Crippen molar-refractivity contribution in [1.29, 1.82) is 0 Å². The fourth-order valence-corrected chi connectivity index (χ4v) is 2.57. The first kappa shape index (κ1) is 16.1. The first-order chi connectivity index (χ1) is 10.2. The second kappa shape index (κ2) is 8.26. The van der Waals surface area contributed by atoms with Gasteiger partial charge in [0.25, 0.3) is 0 Å². The molecule has 0 aliphatic carbocycles. The summed E-state index contributed by atoms with van der Waals surface area (Å²) in [4.78, 5) is 11.7. The fourth-order valence-electron chi connectivity index (χ4n) is 2.22. The SMILES string of the molecule is CSCC(=O)N[C@@H]1CCOC[C@H]1Oc1ccc(CO)cc1. The number of aliphatic hydroxyl groups excluding tert-OH is 1. The molecule has 1 aliphatic rings. The molecule has 1 aromatic carbocycles. The Hall–Kier alpha value is -1.24. The number of aliphatic hydroxyl groups is 1. The molecule has 2 rings (SSSR count). The Morgan fingerprint density at radius 3 is 2.90 bits per heavy atom. The first-order valence-corrected chi connectivity index (χ1v) is 8.35. The molecule has 1 aliphatic heterocycles. The summed E-state index contributed by atoms with van der Waals surface area (Å²) >= 11 is 1.50. The molecular weight excluding hydrogens is 290 g/mol. The molecule has 2 N–H and O–H groups in total. The summed E-state index contributed by atoms with van der Waals surface area (Å²) in [5.74, 6) is 1.19. The zero-order chi connectivity index (χ0) is 15.1. The number of amides is 1. The molecule has 1 fully saturated rings. The molecule has 0 bridgehead atoms. The maximum atomic E-state index is 11.7. The quantitative estimate of drug-likeness (QED) is 0.826. The maximum Gasteiger partial charge on any atom is 0.230 e. The van der Waals surface area contributed by atoms with Crippen LogP contribution in [-0.2, 0) is 16.1 Å². The minimum atomic E-state index is -0.190. The van der Waals surface area contributed by atoms with Crippen molar-refractivity contribution in [3.63, 3.8) is 0 Å². The van der Waals surface area contributed by atoms with Crippen molar-refractivity contribution in [2.45, 2.75) is 25.2 Å². The van der Waals surface area contributed by atoms with Crippen molar-refractivity contribution in [2.24, 2.45) is 0 Å². The highest BCUT2D eigenvalue weighted by Gasteiger charge is 2.28. The second-order valence-corrected chi connectivity index (χ2v) is 5.80. The molecule has 0 saturated carbocycles. The molecule has 0 radical (unpaired) electrons. The zero-order valence-corrected chi connectivity index (χ0v) is 12.9. The number of hydrogen-bond donors (Lipinski definition) is 2. The van der Waals surface area contributed by atoms with Gasteiger partial charge in [-0.2, -0.15) is 11.8 Å². The van der Waals surface area contributed by atoms with Crippen LogP contribution in [0, 0.1) is 0 Å². The van der Waals surface area contributed by atoms with Gasteiger partial charge in [0.2, 0.25) is 5.91 Å². The summed E-state index contributed by atoms with van der Waals surface area (Å²) in [6.45, 7) is 1.11. The summed E-state index contributed by atoms with van der Waals surface area (Å²) in [5, 5.41) is 12.0. The highest BCUT2D eigenvalue weighted by molar-refractivity contribution is 7.99.